The Labute approximate surface area is 169 Å². The minimum atomic E-state index is -0.829. The van der Waals surface area contributed by atoms with Crippen LogP contribution in [-0.4, -0.2) is 41.2 Å². The summed E-state index contributed by atoms with van der Waals surface area (Å²) in [4.78, 5) is 13.1. The summed E-state index contributed by atoms with van der Waals surface area (Å²) in [7, 11) is 0. The van der Waals surface area contributed by atoms with E-state index in [-0.39, 0.29) is 30.1 Å². The number of ether oxygens (including phenoxy) is 1. The van der Waals surface area contributed by atoms with Crippen LogP contribution in [0.1, 0.15) is 37.0 Å². The summed E-state index contributed by atoms with van der Waals surface area (Å²) in [5.41, 5.74) is 1.59. The van der Waals surface area contributed by atoms with E-state index < -0.39 is 18.1 Å². The zero-order valence-corrected chi connectivity index (χ0v) is 16.4. The standard InChI is InChI=1S/C21H23F2NO3.ClH/c1-14(21(25)26)24-12-10-19(11-13-24)27-20(15-2-6-17(22)7-3-15)16-4-8-18(23)9-5-16;/h2-9,14,19-20H,10-13H2,1H3,(H,25,26);1H. The zero-order valence-electron chi connectivity index (χ0n) is 15.6. The molecule has 1 atom stereocenters. The van der Waals surface area contributed by atoms with Crippen molar-refractivity contribution in [3.05, 3.63) is 71.3 Å². The molecule has 7 heteroatoms. The summed E-state index contributed by atoms with van der Waals surface area (Å²) in [5, 5.41) is 9.15. The van der Waals surface area contributed by atoms with Crippen molar-refractivity contribution in [1.29, 1.82) is 0 Å². The fourth-order valence-corrected chi connectivity index (χ4v) is 3.37. The lowest BCUT2D eigenvalue weighted by Gasteiger charge is -2.36. The molecule has 1 fully saturated rings. The molecule has 4 nitrogen and oxygen atoms in total. The van der Waals surface area contributed by atoms with Crippen molar-refractivity contribution in [2.45, 2.75) is 38.0 Å². The number of hydrogen-bond donors (Lipinski definition) is 1. The predicted molar refractivity (Wildman–Crippen MR) is 105 cm³/mol. The fourth-order valence-electron chi connectivity index (χ4n) is 3.37. The average molecular weight is 412 g/mol. The van der Waals surface area contributed by atoms with Crippen molar-refractivity contribution in [2.75, 3.05) is 13.1 Å². The highest BCUT2D eigenvalue weighted by Gasteiger charge is 2.29. The number of carboxylic acids is 1. The van der Waals surface area contributed by atoms with Crippen molar-refractivity contribution in [1.82, 2.24) is 4.90 Å². The van der Waals surface area contributed by atoms with Gasteiger partial charge < -0.3 is 9.84 Å². The minimum Gasteiger partial charge on any atom is -0.480 e. The number of piperidine rings is 1. The van der Waals surface area contributed by atoms with E-state index in [2.05, 4.69) is 0 Å². The van der Waals surface area contributed by atoms with Crippen LogP contribution in [0.3, 0.4) is 0 Å². The number of nitrogens with zero attached hydrogens (tertiary/aromatic N) is 1. The molecule has 3 rings (SSSR count). The van der Waals surface area contributed by atoms with Crippen LogP contribution >= 0.6 is 12.4 Å². The number of likely N-dealkylation sites (tertiary alicyclic amines) is 1. The van der Waals surface area contributed by atoms with Gasteiger partial charge >= 0.3 is 5.97 Å². The van der Waals surface area contributed by atoms with Crippen LogP contribution in [0.5, 0.6) is 0 Å². The third kappa shape index (κ3) is 5.50. The molecule has 2 aromatic rings. The highest BCUT2D eigenvalue weighted by atomic mass is 35.5. The molecular weight excluding hydrogens is 388 g/mol. The maximum absolute atomic E-state index is 13.3. The lowest BCUT2D eigenvalue weighted by molar-refractivity contribution is -0.144. The minimum absolute atomic E-state index is 0. The lowest BCUT2D eigenvalue weighted by Crippen LogP contribution is -2.45. The second kappa shape index (κ2) is 9.96. The molecule has 1 aliphatic rings. The molecule has 0 amide bonds. The molecule has 0 radical (unpaired) electrons. The molecule has 1 N–H and O–H groups in total. The molecule has 2 aromatic carbocycles. The number of halogens is 3. The Morgan fingerprint density at radius 1 is 1.00 bits per heavy atom. The van der Waals surface area contributed by atoms with E-state index in [1.165, 1.54) is 24.3 Å². The van der Waals surface area contributed by atoms with Crippen molar-refractivity contribution >= 4 is 18.4 Å². The van der Waals surface area contributed by atoms with E-state index in [0.29, 0.717) is 25.9 Å². The molecule has 0 aliphatic carbocycles. The molecule has 0 aromatic heterocycles. The normalized spacial score (nSPS) is 16.6. The molecule has 28 heavy (non-hydrogen) atoms. The summed E-state index contributed by atoms with van der Waals surface area (Å²) < 4.78 is 32.9. The highest BCUT2D eigenvalue weighted by Crippen LogP contribution is 2.30. The van der Waals surface area contributed by atoms with Gasteiger partial charge in [0.2, 0.25) is 0 Å². The first-order chi connectivity index (χ1) is 12.9. The van der Waals surface area contributed by atoms with Gasteiger partial charge in [0.1, 0.15) is 23.8 Å². The monoisotopic (exact) mass is 411 g/mol. The second-order valence-electron chi connectivity index (χ2n) is 6.87. The number of aliphatic carboxylic acids is 1. The van der Waals surface area contributed by atoms with Gasteiger partial charge in [0.25, 0.3) is 0 Å². The summed E-state index contributed by atoms with van der Waals surface area (Å²) in [6.07, 6.45) is 0.925. The first-order valence-electron chi connectivity index (χ1n) is 9.07. The SMILES string of the molecule is CC(C(=O)O)N1CCC(OC(c2ccc(F)cc2)c2ccc(F)cc2)CC1.Cl. The van der Waals surface area contributed by atoms with Gasteiger partial charge in [-0.1, -0.05) is 24.3 Å². The Hall–Kier alpha value is -2.02. The van der Waals surface area contributed by atoms with Gasteiger partial charge in [-0.05, 0) is 55.2 Å². The van der Waals surface area contributed by atoms with E-state index in [1.807, 2.05) is 4.90 Å². The van der Waals surface area contributed by atoms with E-state index >= 15 is 0 Å². The molecule has 1 saturated heterocycles. The Morgan fingerprint density at radius 3 is 1.82 bits per heavy atom. The average Bonchev–Trinajstić information content (AvgIpc) is 2.67. The molecule has 0 saturated carbocycles. The van der Waals surface area contributed by atoms with E-state index in [1.54, 1.807) is 31.2 Å². The third-order valence-electron chi connectivity index (χ3n) is 5.06. The van der Waals surface area contributed by atoms with Crippen LogP contribution < -0.4 is 0 Å². The summed E-state index contributed by atoms with van der Waals surface area (Å²) in [6.45, 7) is 2.96. The summed E-state index contributed by atoms with van der Waals surface area (Å²) in [6, 6.07) is 11.7. The largest absolute Gasteiger partial charge is 0.480 e. The van der Waals surface area contributed by atoms with Crippen LogP contribution in [0.25, 0.3) is 0 Å². The van der Waals surface area contributed by atoms with Crippen molar-refractivity contribution in [3.63, 3.8) is 0 Å². The van der Waals surface area contributed by atoms with Crippen molar-refractivity contribution in [2.24, 2.45) is 0 Å². The van der Waals surface area contributed by atoms with Gasteiger partial charge in [0, 0.05) is 13.1 Å². The maximum Gasteiger partial charge on any atom is 0.320 e. The predicted octanol–water partition coefficient (Wildman–Crippen LogP) is 4.43. The molecular formula is C21H24ClF2NO3. The van der Waals surface area contributed by atoms with Crippen LogP contribution in [0, 0.1) is 11.6 Å². The van der Waals surface area contributed by atoms with Crippen LogP contribution in [0.4, 0.5) is 8.78 Å². The third-order valence-corrected chi connectivity index (χ3v) is 5.06. The van der Waals surface area contributed by atoms with Gasteiger partial charge in [-0.15, -0.1) is 12.4 Å². The summed E-state index contributed by atoms with van der Waals surface area (Å²) in [5.74, 6) is -1.48. The number of rotatable bonds is 6. The highest BCUT2D eigenvalue weighted by molar-refractivity contribution is 5.85. The first-order valence-corrected chi connectivity index (χ1v) is 9.07. The molecule has 1 unspecified atom stereocenters. The van der Waals surface area contributed by atoms with Crippen molar-refractivity contribution in [3.8, 4) is 0 Å². The number of carboxylic acid groups (broad SMARTS) is 1. The van der Waals surface area contributed by atoms with Gasteiger partial charge in [0.15, 0.2) is 0 Å². The Bertz CT molecular complexity index is 717. The van der Waals surface area contributed by atoms with E-state index in [4.69, 9.17) is 9.84 Å². The summed E-state index contributed by atoms with van der Waals surface area (Å²) >= 11 is 0. The topological polar surface area (TPSA) is 49.8 Å². The number of benzene rings is 2. The van der Waals surface area contributed by atoms with Gasteiger partial charge in [0.05, 0.1) is 6.10 Å². The Kier molecular flexibility index (Phi) is 7.92. The Morgan fingerprint density at radius 2 is 1.43 bits per heavy atom. The molecule has 0 spiro atoms. The first kappa shape index (κ1) is 22.3. The van der Waals surface area contributed by atoms with Crippen LogP contribution in [-0.2, 0) is 9.53 Å². The fraction of sp³-hybridized carbons (Fsp3) is 0.381. The number of carbonyl (C=O) groups is 1. The lowest BCUT2D eigenvalue weighted by atomic mass is 9.99. The maximum atomic E-state index is 13.3. The van der Waals surface area contributed by atoms with Gasteiger partial charge in [-0.2, -0.15) is 0 Å². The van der Waals surface area contributed by atoms with Crippen LogP contribution in [0.15, 0.2) is 48.5 Å². The van der Waals surface area contributed by atoms with Gasteiger partial charge in [-0.3, -0.25) is 9.69 Å². The molecule has 0 bridgehead atoms. The van der Waals surface area contributed by atoms with Crippen LogP contribution in [0.2, 0.25) is 0 Å². The Balaban J connectivity index is 0.00000280. The zero-order chi connectivity index (χ0) is 19.4. The van der Waals surface area contributed by atoms with E-state index in [9.17, 15) is 13.6 Å². The molecule has 1 heterocycles. The second-order valence-corrected chi connectivity index (χ2v) is 6.87. The molecule has 1 aliphatic heterocycles. The smallest absolute Gasteiger partial charge is 0.320 e. The van der Waals surface area contributed by atoms with Gasteiger partial charge in [-0.25, -0.2) is 8.78 Å². The number of hydrogen-bond acceptors (Lipinski definition) is 3. The van der Waals surface area contributed by atoms with Crippen molar-refractivity contribution < 1.29 is 23.4 Å². The quantitative estimate of drug-likeness (QED) is 0.764. The van der Waals surface area contributed by atoms with E-state index in [0.717, 1.165) is 11.1 Å². The molecule has 152 valence electrons.